The first kappa shape index (κ1) is 34.0. The zero-order chi connectivity index (χ0) is 35.0. The summed E-state index contributed by atoms with van der Waals surface area (Å²) in [5.74, 6) is -2.18. The number of rotatable bonds is 11. The summed E-state index contributed by atoms with van der Waals surface area (Å²) in [4.78, 5) is 41.0. The number of fused-ring (bicyclic) bond motifs is 2. The van der Waals surface area contributed by atoms with Crippen molar-refractivity contribution in [3.63, 3.8) is 0 Å². The van der Waals surface area contributed by atoms with Crippen LogP contribution in [0.4, 0.5) is 0 Å². The molecule has 12 heteroatoms. The molecule has 11 nitrogen and oxygen atoms in total. The Morgan fingerprint density at radius 3 is 2.47 bits per heavy atom. The minimum atomic E-state index is -2.02. The molecule has 3 atom stereocenters. The van der Waals surface area contributed by atoms with Gasteiger partial charge in [0.15, 0.2) is 28.8 Å². The van der Waals surface area contributed by atoms with Gasteiger partial charge >= 0.3 is 5.97 Å². The number of carbonyl (C=O) groups is 3. The molecule has 0 aromatic heterocycles. The van der Waals surface area contributed by atoms with E-state index in [2.05, 4.69) is 6.07 Å². The van der Waals surface area contributed by atoms with Crippen molar-refractivity contribution in [3.8, 4) is 34.5 Å². The number of benzene rings is 3. The maximum atomic E-state index is 14.3. The fourth-order valence-corrected chi connectivity index (χ4v) is 7.14. The summed E-state index contributed by atoms with van der Waals surface area (Å²) in [6.45, 7) is 2.61. The van der Waals surface area contributed by atoms with Crippen LogP contribution in [0.3, 0.4) is 0 Å². The van der Waals surface area contributed by atoms with Gasteiger partial charge < -0.3 is 38.3 Å². The number of hydrogen-bond acceptors (Lipinski definition) is 11. The second kappa shape index (κ2) is 13.5. The average molecular weight is 693 g/mol. The van der Waals surface area contributed by atoms with Crippen LogP contribution in [0.15, 0.2) is 53.8 Å². The fraction of sp³-hybridized carbons (Fsp3) is 0.378. The second-order valence-electron chi connectivity index (χ2n) is 12.1. The lowest BCUT2D eigenvalue weighted by Crippen LogP contribution is -2.53. The van der Waals surface area contributed by atoms with Crippen LogP contribution in [0.2, 0.25) is 5.02 Å². The van der Waals surface area contributed by atoms with Crippen molar-refractivity contribution in [1.82, 2.24) is 0 Å². The molecule has 1 spiro atoms. The van der Waals surface area contributed by atoms with Gasteiger partial charge in [-0.3, -0.25) is 14.4 Å². The molecule has 3 aromatic rings. The molecular weight excluding hydrogens is 656 g/mol. The van der Waals surface area contributed by atoms with E-state index in [0.29, 0.717) is 36.7 Å². The van der Waals surface area contributed by atoms with Crippen LogP contribution in [0, 0.1) is 5.92 Å². The Kier molecular flexibility index (Phi) is 9.39. The molecule has 6 rings (SSSR count). The van der Waals surface area contributed by atoms with Crippen LogP contribution >= 0.6 is 11.6 Å². The molecular formula is C37H37ClO11. The normalized spacial score (nSPS) is 19.9. The van der Waals surface area contributed by atoms with Crippen molar-refractivity contribution in [3.05, 3.63) is 81.1 Å². The first-order valence-electron chi connectivity index (χ1n) is 15.8. The van der Waals surface area contributed by atoms with Crippen molar-refractivity contribution in [2.75, 3.05) is 41.7 Å². The zero-order valence-electron chi connectivity index (χ0n) is 27.8. The molecule has 49 heavy (non-hydrogen) atoms. The molecule has 3 unspecified atom stereocenters. The number of allylic oxidation sites excluding steroid dienone is 1. The van der Waals surface area contributed by atoms with Gasteiger partial charge in [0, 0.05) is 42.7 Å². The van der Waals surface area contributed by atoms with Crippen LogP contribution in [0.5, 0.6) is 34.5 Å². The third kappa shape index (κ3) is 5.79. The van der Waals surface area contributed by atoms with Gasteiger partial charge in [-0.05, 0) is 34.9 Å². The molecule has 0 radical (unpaired) electrons. The highest BCUT2D eigenvalue weighted by molar-refractivity contribution is 6.35. The third-order valence-corrected chi connectivity index (χ3v) is 9.81. The quantitative estimate of drug-likeness (QED) is 0.237. The lowest BCUT2D eigenvalue weighted by Gasteiger charge is -2.38. The van der Waals surface area contributed by atoms with Crippen molar-refractivity contribution < 1.29 is 52.6 Å². The minimum Gasteiger partial charge on any atom is -0.507 e. The van der Waals surface area contributed by atoms with Gasteiger partial charge in [0.1, 0.15) is 27.8 Å². The number of ketones is 2. The number of ether oxygens (including phenoxy) is 7. The molecule has 0 amide bonds. The number of aliphatic hydroxyl groups is 1. The SMILES string of the molecule is COC(=O)CC(C1=C(O)C2(Oc3c(Cl)c(OC)cc(OC)c3C2=O)C(C)CC1=O)c1ccc(OC)c(OCCc2ccc3c(c2)CCO3)c1. The van der Waals surface area contributed by atoms with E-state index in [0.717, 1.165) is 23.3 Å². The fourth-order valence-electron chi connectivity index (χ4n) is 6.87. The van der Waals surface area contributed by atoms with Crippen LogP contribution in [0.25, 0.3) is 0 Å². The molecule has 0 bridgehead atoms. The zero-order valence-corrected chi connectivity index (χ0v) is 28.6. The molecule has 2 heterocycles. The van der Waals surface area contributed by atoms with E-state index in [1.165, 1.54) is 34.5 Å². The summed E-state index contributed by atoms with van der Waals surface area (Å²) in [6, 6.07) is 12.5. The Morgan fingerprint density at radius 2 is 1.76 bits per heavy atom. The van der Waals surface area contributed by atoms with Crippen molar-refractivity contribution in [2.45, 2.75) is 44.1 Å². The van der Waals surface area contributed by atoms with Gasteiger partial charge in [-0.2, -0.15) is 0 Å². The van der Waals surface area contributed by atoms with E-state index in [-0.39, 0.29) is 46.2 Å². The summed E-state index contributed by atoms with van der Waals surface area (Å²) >= 11 is 6.59. The predicted molar refractivity (Wildman–Crippen MR) is 178 cm³/mol. The number of halogens is 1. The molecule has 2 aliphatic heterocycles. The van der Waals surface area contributed by atoms with E-state index >= 15 is 0 Å². The molecule has 3 aromatic carbocycles. The van der Waals surface area contributed by atoms with Crippen LogP contribution in [-0.4, -0.2) is 69.9 Å². The highest BCUT2D eigenvalue weighted by atomic mass is 35.5. The maximum Gasteiger partial charge on any atom is 0.306 e. The Morgan fingerprint density at radius 1 is 1.00 bits per heavy atom. The Labute approximate surface area is 288 Å². The third-order valence-electron chi connectivity index (χ3n) is 9.45. The summed E-state index contributed by atoms with van der Waals surface area (Å²) in [6.07, 6.45) is 0.974. The minimum absolute atomic E-state index is 0.0123. The lowest BCUT2D eigenvalue weighted by molar-refractivity contribution is -0.140. The van der Waals surface area contributed by atoms with E-state index in [9.17, 15) is 19.5 Å². The summed E-state index contributed by atoms with van der Waals surface area (Å²) in [7, 11) is 5.53. The maximum absolute atomic E-state index is 14.3. The number of aliphatic hydroxyl groups excluding tert-OH is 1. The Balaban J connectivity index is 1.39. The van der Waals surface area contributed by atoms with Crippen molar-refractivity contribution in [1.29, 1.82) is 0 Å². The number of carbonyl (C=O) groups excluding carboxylic acids is 3. The molecule has 1 aliphatic carbocycles. The van der Waals surface area contributed by atoms with E-state index in [1.807, 2.05) is 12.1 Å². The van der Waals surface area contributed by atoms with Crippen LogP contribution in [-0.2, 0) is 27.2 Å². The lowest BCUT2D eigenvalue weighted by atomic mass is 9.69. The molecule has 1 N–H and O–H groups in total. The molecule has 258 valence electrons. The van der Waals surface area contributed by atoms with E-state index < -0.39 is 40.7 Å². The van der Waals surface area contributed by atoms with Crippen LogP contribution in [0.1, 0.15) is 52.7 Å². The van der Waals surface area contributed by atoms with Crippen LogP contribution < -0.4 is 28.4 Å². The first-order valence-corrected chi connectivity index (χ1v) is 16.2. The van der Waals surface area contributed by atoms with Crippen molar-refractivity contribution >= 4 is 29.1 Å². The summed E-state index contributed by atoms with van der Waals surface area (Å²) < 4.78 is 39.5. The second-order valence-corrected chi connectivity index (χ2v) is 12.5. The van der Waals surface area contributed by atoms with Gasteiger partial charge in [-0.1, -0.05) is 36.7 Å². The summed E-state index contributed by atoms with van der Waals surface area (Å²) in [5.41, 5.74) is 0.546. The van der Waals surface area contributed by atoms with Gasteiger partial charge in [0.25, 0.3) is 0 Å². The molecule has 0 fully saturated rings. The smallest absolute Gasteiger partial charge is 0.306 e. The van der Waals surface area contributed by atoms with E-state index in [1.54, 1.807) is 25.1 Å². The van der Waals surface area contributed by atoms with Gasteiger partial charge in [0.2, 0.25) is 11.4 Å². The number of methoxy groups -OCH3 is 4. The topological polar surface area (TPSA) is 136 Å². The van der Waals surface area contributed by atoms with Gasteiger partial charge in [-0.25, -0.2) is 0 Å². The molecule has 3 aliphatic rings. The molecule has 0 saturated carbocycles. The monoisotopic (exact) mass is 692 g/mol. The number of hydrogen-bond donors (Lipinski definition) is 1. The predicted octanol–water partition coefficient (Wildman–Crippen LogP) is 6.00. The number of esters is 1. The van der Waals surface area contributed by atoms with Gasteiger partial charge in [0.05, 0.1) is 48.1 Å². The summed E-state index contributed by atoms with van der Waals surface area (Å²) in [5, 5.41) is 12.1. The highest BCUT2D eigenvalue weighted by Gasteiger charge is 2.61. The Bertz CT molecular complexity index is 1870. The first-order chi connectivity index (χ1) is 23.6. The van der Waals surface area contributed by atoms with E-state index in [4.69, 9.17) is 44.8 Å². The van der Waals surface area contributed by atoms with Gasteiger partial charge in [-0.15, -0.1) is 0 Å². The van der Waals surface area contributed by atoms with Crippen molar-refractivity contribution in [2.24, 2.45) is 5.92 Å². The largest absolute Gasteiger partial charge is 0.507 e. The number of Topliss-reactive ketones (excluding diaryl/α,β-unsaturated/α-hetero) is 2. The Hall–Kier alpha value is -4.90. The highest BCUT2D eigenvalue weighted by Crippen LogP contribution is 2.56. The molecule has 0 saturated heterocycles. The standard InChI is InChI=1S/C37H37ClO11/c1-19-14-24(39)31(35(41)37(19)36(42)32-28(44-3)18-29(45-4)33(38)34(32)49-37)23(17-30(40)46-5)21-7-9-26(43-2)27(16-21)48-12-10-20-6-8-25-22(15-20)11-13-47-25/h6-9,15-16,18-19,23,41H,10-14,17H2,1-5H3. The average Bonchev–Trinajstić information content (AvgIpc) is 3.70.